The molecule has 0 bridgehead atoms. The lowest BCUT2D eigenvalue weighted by Crippen LogP contribution is -2.42. The molecule has 0 aliphatic carbocycles. The standard InChI is InChI=1S/C22H22F6N2O6S/c23-21(24,25)13-18(20(31)29-32)17-3-1-2-4-19(17)37(33,34)30-11-9-15(10-12-30)35-14-5-7-16(8-6-14)36-22(26,27)28/h1-8,15,18,32H,9-13H2,(H,29,31). The Hall–Kier alpha value is -3.04. The quantitative estimate of drug-likeness (QED) is 0.285. The molecule has 15 heteroatoms. The smallest absolute Gasteiger partial charge is 0.490 e. The van der Waals surface area contributed by atoms with E-state index in [-0.39, 0.29) is 31.7 Å². The lowest BCUT2D eigenvalue weighted by Gasteiger charge is -2.32. The van der Waals surface area contributed by atoms with Gasteiger partial charge < -0.3 is 9.47 Å². The summed E-state index contributed by atoms with van der Waals surface area (Å²) >= 11 is 0. The third-order valence-corrected chi connectivity index (χ3v) is 7.51. The van der Waals surface area contributed by atoms with E-state index in [0.717, 1.165) is 34.1 Å². The number of benzene rings is 2. The number of halogens is 6. The molecule has 1 unspecified atom stereocenters. The Kier molecular flexibility index (Phi) is 8.59. The fourth-order valence-corrected chi connectivity index (χ4v) is 5.63. The molecule has 1 aliphatic rings. The van der Waals surface area contributed by atoms with Crippen molar-refractivity contribution in [3.05, 3.63) is 54.1 Å². The van der Waals surface area contributed by atoms with Gasteiger partial charge in [-0.15, -0.1) is 13.2 Å². The zero-order valence-electron chi connectivity index (χ0n) is 18.9. The molecule has 1 heterocycles. The molecule has 3 rings (SSSR count). The molecule has 1 amide bonds. The first kappa shape index (κ1) is 28.5. The molecule has 2 N–H and O–H groups in total. The Morgan fingerprint density at radius 2 is 1.57 bits per heavy atom. The maximum Gasteiger partial charge on any atom is 0.573 e. The third kappa shape index (κ3) is 7.72. The molecule has 0 spiro atoms. The van der Waals surface area contributed by atoms with Crippen LogP contribution in [-0.2, 0) is 14.8 Å². The first-order valence-corrected chi connectivity index (χ1v) is 12.3. The van der Waals surface area contributed by atoms with Crippen LogP contribution in [0.15, 0.2) is 53.4 Å². The number of carbonyl (C=O) groups is 1. The average molecular weight is 556 g/mol. The average Bonchev–Trinajstić information content (AvgIpc) is 2.82. The largest absolute Gasteiger partial charge is 0.573 e. The molecule has 0 radical (unpaired) electrons. The van der Waals surface area contributed by atoms with Crippen LogP contribution < -0.4 is 15.0 Å². The first-order valence-electron chi connectivity index (χ1n) is 10.8. The number of sulfonamides is 1. The van der Waals surface area contributed by atoms with Gasteiger partial charge in [-0.2, -0.15) is 17.5 Å². The lowest BCUT2D eigenvalue weighted by atomic mass is 9.94. The van der Waals surface area contributed by atoms with Crippen LogP contribution in [0.25, 0.3) is 0 Å². The summed E-state index contributed by atoms with van der Waals surface area (Å²) in [6.45, 7) is -0.126. The van der Waals surface area contributed by atoms with Gasteiger partial charge in [0.05, 0.1) is 17.2 Å². The second kappa shape index (κ2) is 11.1. The topological polar surface area (TPSA) is 105 Å². The summed E-state index contributed by atoms with van der Waals surface area (Å²) in [4.78, 5) is 11.5. The fourth-order valence-electron chi connectivity index (χ4n) is 3.90. The highest BCUT2D eigenvalue weighted by Gasteiger charge is 2.40. The third-order valence-electron chi connectivity index (χ3n) is 5.54. The van der Waals surface area contributed by atoms with Crippen LogP contribution in [0.1, 0.15) is 30.7 Å². The van der Waals surface area contributed by atoms with Crippen molar-refractivity contribution >= 4 is 15.9 Å². The van der Waals surface area contributed by atoms with Crippen LogP contribution in [-0.4, -0.2) is 55.6 Å². The molecule has 0 saturated carbocycles. The van der Waals surface area contributed by atoms with Gasteiger partial charge in [-0.1, -0.05) is 18.2 Å². The van der Waals surface area contributed by atoms with Crippen molar-refractivity contribution in [1.82, 2.24) is 9.79 Å². The summed E-state index contributed by atoms with van der Waals surface area (Å²) in [5, 5.41) is 8.92. The van der Waals surface area contributed by atoms with Crippen molar-refractivity contribution in [2.45, 2.75) is 48.7 Å². The molecule has 8 nitrogen and oxygen atoms in total. The van der Waals surface area contributed by atoms with Crippen LogP contribution in [0, 0.1) is 0 Å². The number of nitrogens with zero attached hydrogens (tertiary/aromatic N) is 1. The van der Waals surface area contributed by atoms with E-state index in [1.807, 2.05) is 0 Å². The minimum absolute atomic E-state index is 0.0628. The molecule has 2 aromatic carbocycles. The minimum atomic E-state index is -4.84. The van der Waals surface area contributed by atoms with Crippen LogP contribution in [0.5, 0.6) is 11.5 Å². The fraction of sp³-hybridized carbons (Fsp3) is 0.409. The number of ether oxygens (including phenoxy) is 2. The van der Waals surface area contributed by atoms with E-state index in [1.165, 1.54) is 24.3 Å². The van der Waals surface area contributed by atoms with Crippen molar-refractivity contribution in [2.24, 2.45) is 0 Å². The van der Waals surface area contributed by atoms with Crippen LogP contribution in [0.4, 0.5) is 26.3 Å². The number of hydroxylamine groups is 1. The zero-order chi connectivity index (χ0) is 27.4. The SMILES string of the molecule is O=C(NO)C(CC(F)(F)F)c1ccccc1S(=O)(=O)N1CCC(Oc2ccc(OC(F)(F)F)cc2)CC1. The van der Waals surface area contributed by atoms with E-state index in [9.17, 15) is 39.6 Å². The van der Waals surface area contributed by atoms with Crippen molar-refractivity contribution in [3.63, 3.8) is 0 Å². The Labute approximate surface area is 207 Å². The van der Waals surface area contributed by atoms with Crippen molar-refractivity contribution in [1.29, 1.82) is 0 Å². The zero-order valence-corrected chi connectivity index (χ0v) is 19.7. The molecule has 37 heavy (non-hydrogen) atoms. The number of hydrogen-bond donors (Lipinski definition) is 2. The number of nitrogens with one attached hydrogen (secondary N) is 1. The van der Waals surface area contributed by atoms with Gasteiger partial charge in [0.25, 0.3) is 5.91 Å². The molecular formula is C22H22F6N2O6S. The molecular weight excluding hydrogens is 534 g/mol. The molecule has 1 saturated heterocycles. The maximum atomic E-state index is 13.3. The molecule has 0 aromatic heterocycles. The predicted molar refractivity (Wildman–Crippen MR) is 115 cm³/mol. The maximum absolute atomic E-state index is 13.3. The summed E-state index contributed by atoms with van der Waals surface area (Å²) in [5.41, 5.74) is 0.749. The van der Waals surface area contributed by atoms with E-state index in [4.69, 9.17) is 9.94 Å². The summed E-state index contributed by atoms with van der Waals surface area (Å²) in [7, 11) is -4.33. The Morgan fingerprint density at radius 3 is 2.11 bits per heavy atom. The van der Waals surface area contributed by atoms with Gasteiger partial charge >= 0.3 is 12.5 Å². The highest BCUT2D eigenvalue weighted by atomic mass is 32.2. The van der Waals surface area contributed by atoms with Crippen LogP contribution in [0.2, 0.25) is 0 Å². The van der Waals surface area contributed by atoms with Crippen LogP contribution >= 0.6 is 0 Å². The monoisotopic (exact) mass is 556 g/mol. The molecule has 1 aliphatic heterocycles. The number of rotatable bonds is 8. The Bertz CT molecular complexity index is 1180. The normalized spacial score (nSPS) is 16.7. The van der Waals surface area contributed by atoms with E-state index in [0.29, 0.717) is 0 Å². The Balaban J connectivity index is 1.72. The van der Waals surface area contributed by atoms with Gasteiger partial charge in [0.2, 0.25) is 10.0 Å². The number of carbonyl (C=O) groups excluding carboxylic acids is 1. The van der Waals surface area contributed by atoms with E-state index in [2.05, 4.69) is 4.74 Å². The summed E-state index contributed by atoms with van der Waals surface area (Å²) in [5.74, 6) is -3.59. The highest BCUT2D eigenvalue weighted by molar-refractivity contribution is 7.89. The summed E-state index contributed by atoms with van der Waals surface area (Å²) in [6, 6.07) is 9.44. The number of alkyl halides is 6. The van der Waals surface area contributed by atoms with Gasteiger partial charge in [0, 0.05) is 13.1 Å². The van der Waals surface area contributed by atoms with Gasteiger partial charge in [-0.05, 0) is 48.7 Å². The summed E-state index contributed by atoms with van der Waals surface area (Å²) in [6.07, 6.45) is -11.4. The van der Waals surface area contributed by atoms with E-state index in [1.54, 1.807) is 0 Å². The molecule has 1 atom stereocenters. The van der Waals surface area contributed by atoms with Gasteiger partial charge in [-0.3, -0.25) is 10.0 Å². The van der Waals surface area contributed by atoms with Crippen molar-refractivity contribution < 1.29 is 54.2 Å². The molecule has 1 fully saturated rings. The molecule has 204 valence electrons. The lowest BCUT2D eigenvalue weighted by molar-refractivity contribution is -0.274. The van der Waals surface area contributed by atoms with Crippen LogP contribution in [0.3, 0.4) is 0 Å². The molecule has 2 aromatic rings. The second-order valence-corrected chi connectivity index (χ2v) is 10.0. The van der Waals surface area contributed by atoms with Gasteiger partial charge in [-0.25, -0.2) is 13.9 Å². The van der Waals surface area contributed by atoms with E-state index < -0.39 is 63.1 Å². The number of hydrogen-bond acceptors (Lipinski definition) is 6. The summed E-state index contributed by atoms with van der Waals surface area (Å²) < 4.78 is 113. The first-order chi connectivity index (χ1) is 17.2. The highest BCUT2D eigenvalue weighted by Crippen LogP contribution is 2.36. The van der Waals surface area contributed by atoms with Crippen molar-refractivity contribution in [2.75, 3.05) is 13.1 Å². The van der Waals surface area contributed by atoms with Crippen molar-refractivity contribution in [3.8, 4) is 11.5 Å². The number of amides is 1. The van der Waals surface area contributed by atoms with E-state index >= 15 is 0 Å². The van der Waals surface area contributed by atoms with Gasteiger partial charge in [0.1, 0.15) is 17.6 Å². The minimum Gasteiger partial charge on any atom is -0.490 e. The van der Waals surface area contributed by atoms with Gasteiger partial charge in [0.15, 0.2) is 0 Å². The number of piperidine rings is 1. The predicted octanol–water partition coefficient (Wildman–Crippen LogP) is 4.36. The Morgan fingerprint density at radius 1 is 1.00 bits per heavy atom. The second-order valence-electron chi connectivity index (χ2n) is 8.13.